The van der Waals surface area contributed by atoms with Gasteiger partial charge in [-0.2, -0.15) is 5.26 Å². The molecule has 1 rings (SSSR count). The SMILES string of the molecule is CCNCc1ccccc1OCCCC(C)(C)C#N. The molecule has 1 aromatic carbocycles. The van der Waals surface area contributed by atoms with Crippen molar-refractivity contribution in [3.05, 3.63) is 29.8 Å². The van der Waals surface area contributed by atoms with E-state index in [1.165, 1.54) is 5.56 Å². The molecule has 0 aliphatic carbocycles. The summed E-state index contributed by atoms with van der Waals surface area (Å²) >= 11 is 0. The minimum Gasteiger partial charge on any atom is -0.493 e. The maximum Gasteiger partial charge on any atom is 0.123 e. The van der Waals surface area contributed by atoms with Gasteiger partial charge >= 0.3 is 0 Å². The molecule has 104 valence electrons. The monoisotopic (exact) mass is 260 g/mol. The van der Waals surface area contributed by atoms with Crippen molar-refractivity contribution in [1.82, 2.24) is 5.32 Å². The summed E-state index contributed by atoms with van der Waals surface area (Å²) in [5.74, 6) is 0.943. The number of rotatable bonds is 8. The molecular formula is C16H24N2O. The summed E-state index contributed by atoms with van der Waals surface area (Å²) in [5.41, 5.74) is 0.927. The Balaban J connectivity index is 2.43. The van der Waals surface area contributed by atoms with E-state index in [9.17, 15) is 0 Å². The molecule has 3 heteroatoms. The van der Waals surface area contributed by atoms with E-state index in [4.69, 9.17) is 10.00 Å². The fraction of sp³-hybridized carbons (Fsp3) is 0.562. The topological polar surface area (TPSA) is 45.0 Å². The number of benzene rings is 1. The van der Waals surface area contributed by atoms with E-state index in [1.807, 2.05) is 32.0 Å². The van der Waals surface area contributed by atoms with Crippen LogP contribution in [-0.4, -0.2) is 13.2 Å². The second-order valence-corrected chi connectivity index (χ2v) is 5.34. The van der Waals surface area contributed by atoms with Gasteiger partial charge in [-0.1, -0.05) is 25.1 Å². The number of para-hydroxylation sites is 1. The molecule has 0 saturated heterocycles. The van der Waals surface area contributed by atoms with Crippen molar-refractivity contribution in [2.24, 2.45) is 5.41 Å². The lowest BCUT2D eigenvalue weighted by atomic mass is 9.90. The van der Waals surface area contributed by atoms with E-state index in [1.54, 1.807) is 0 Å². The molecule has 0 saturated carbocycles. The van der Waals surface area contributed by atoms with Gasteiger partial charge in [0.05, 0.1) is 18.1 Å². The van der Waals surface area contributed by atoms with Crippen LogP contribution < -0.4 is 10.1 Å². The molecule has 0 aromatic heterocycles. The minimum absolute atomic E-state index is 0.257. The first-order valence-electron chi connectivity index (χ1n) is 6.92. The first kappa shape index (κ1) is 15.5. The molecule has 0 aliphatic heterocycles. The van der Waals surface area contributed by atoms with Crippen LogP contribution in [0, 0.1) is 16.7 Å². The number of nitriles is 1. The quantitative estimate of drug-likeness (QED) is 0.728. The van der Waals surface area contributed by atoms with E-state index in [2.05, 4.69) is 24.4 Å². The largest absolute Gasteiger partial charge is 0.493 e. The van der Waals surface area contributed by atoms with Crippen LogP contribution in [0.1, 0.15) is 39.2 Å². The zero-order valence-electron chi connectivity index (χ0n) is 12.2. The predicted molar refractivity (Wildman–Crippen MR) is 77.9 cm³/mol. The van der Waals surface area contributed by atoms with E-state index in [-0.39, 0.29) is 5.41 Å². The standard InChI is InChI=1S/C16H24N2O/c1-4-18-12-14-8-5-6-9-15(14)19-11-7-10-16(2,3)13-17/h5-6,8-9,18H,4,7,10-12H2,1-3H3. The molecule has 0 bridgehead atoms. The third-order valence-corrected chi connectivity index (χ3v) is 3.04. The summed E-state index contributed by atoms with van der Waals surface area (Å²) in [5, 5.41) is 12.3. The lowest BCUT2D eigenvalue weighted by Crippen LogP contribution is -2.14. The predicted octanol–water partition coefficient (Wildman–Crippen LogP) is 3.50. The highest BCUT2D eigenvalue weighted by Gasteiger charge is 2.15. The molecule has 0 spiro atoms. The third kappa shape index (κ3) is 5.76. The smallest absolute Gasteiger partial charge is 0.123 e. The average Bonchev–Trinajstić information content (AvgIpc) is 2.42. The van der Waals surface area contributed by atoms with Crippen LogP contribution in [0.15, 0.2) is 24.3 Å². The first-order chi connectivity index (χ1) is 9.09. The molecule has 0 heterocycles. The van der Waals surface area contributed by atoms with Crippen molar-refractivity contribution in [3.63, 3.8) is 0 Å². The summed E-state index contributed by atoms with van der Waals surface area (Å²) in [4.78, 5) is 0. The van der Waals surface area contributed by atoms with Crippen molar-refractivity contribution in [2.75, 3.05) is 13.2 Å². The van der Waals surface area contributed by atoms with Gasteiger partial charge in [0.2, 0.25) is 0 Å². The summed E-state index contributed by atoms with van der Waals surface area (Å²) in [7, 11) is 0. The highest BCUT2D eigenvalue weighted by atomic mass is 16.5. The van der Waals surface area contributed by atoms with Gasteiger partial charge in [-0.3, -0.25) is 0 Å². The van der Waals surface area contributed by atoms with Crippen LogP contribution in [-0.2, 0) is 6.54 Å². The Hall–Kier alpha value is -1.53. The normalized spacial score (nSPS) is 11.1. The van der Waals surface area contributed by atoms with Gasteiger partial charge in [-0.05, 0) is 39.3 Å². The average molecular weight is 260 g/mol. The second-order valence-electron chi connectivity index (χ2n) is 5.34. The first-order valence-corrected chi connectivity index (χ1v) is 6.92. The fourth-order valence-electron chi connectivity index (χ4n) is 1.80. The summed E-state index contributed by atoms with van der Waals surface area (Å²) < 4.78 is 5.82. The highest BCUT2D eigenvalue weighted by molar-refractivity contribution is 5.33. The zero-order chi connectivity index (χ0) is 14.1. The number of hydrogen-bond acceptors (Lipinski definition) is 3. The van der Waals surface area contributed by atoms with Gasteiger partial charge in [-0.25, -0.2) is 0 Å². The second kappa shape index (κ2) is 7.81. The van der Waals surface area contributed by atoms with Crippen LogP contribution in [0.5, 0.6) is 5.75 Å². The van der Waals surface area contributed by atoms with Gasteiger partial charge in [-0.15, -0.1) is 0 Å². The number of ether oxygens (including phenoxy) is 1. The number of nitrogens with zero attached hydrogens (tertiary/aromatic N) is 1. The van der Waals surface area contributed by atoms with Gasteiger partial charge in [0.25, 0.3) is 0 Å². The lowest BCUT2D eigenvalue weighted by Gasteiger charge is -2.16. The molecule has 0 radical (unpaired) electrons. The summed E-state index contributed by atoms with van der Waals surface area (Å²) in [6.07, 6.45) is 1.76. The van der Waals surface area contributed by atoms with E-state index >= 15 is 0 Å². The molecule has 1 aromatic rings. The van der Waals surface area contributed by atoms with E-state index in [0.29, 0.717) is 6.61 Å². The zero-order valence-corrected chi connectivity index (χ0v) is 12.2. The Kier molecular flexibility index (Phi) is 6.38. The molecule has 0 amide bonds. The van der Waals surface area contributed by atoms with Crippen molar-refractivity contribution in [1.29, 1.82) is 5.26 Å². The maximum atomic E-state index is 8.95. The molecular weight excluding hydrogens is 236 g/mol. The van der Waals surface area contributed by atoms with Crippen LogP contribution in [0.3, 0.4) is 0 Å². The van der Waals surface area contributed by atoms with Crippen molar-refractivity contribution in [3.8, 4) is 11.8 Å². The minimum atomic E-state index is -0.257. The molecule has 0 fully saturated rings. The van der Waals surface area contributed by atoms with Gasteiger partial charge in [0, 0.05) is 12.1 Å². The lowest BCUT2D eigenvalue weighted by molar-refractivity contribution is 0.281. The van der Waals surface area contributed by atoms with E-state index < -0.39 is 0 Å². The Morgan fingerprint density at radius 2 is 2.05 bits per heavy atom. The summed E-state index contributed by atoms with van der Waals surface area (Å²) in [6, 6.07) is 10.4. The summed E-state index contributed by atoms with van der Waals surface area (Å²) in [6.45, 7) is 8.46. The third-order valence-electron chi connectivity index (χ3n) is 3.04. The Morgan fingerprint density at radius 1 is 1.32 bits per heavy atom. The number of nitrogens with one attached hydrogen (secondary N) is 1. The van der Waals surface area contributed by atoms with Gasteiger partial charge in [0.1, 0.15) is 5.75 Å². The maximum absolute atomic E-state index is 8.95. The Bertz CT molecular complexity index is 421. The van der Waals surface area contributed by atoms with Crippen molar-refractivity contribution in [2.45, 2.75) is 40.2 Å². The number of hydrogen-bond donors (Lipinski definition) is 1. The highest BCUT2D eigenvalue weighted by Crippen LogP contribution is 2.22. The Morgan fingerprint density at radius 3 is 2.74 bits per heavy atom. The van der Waals surface area contributed by atoms with Crippen molar-refractivity contribution >= 4 is 0 Å². The molecule has 0 atom stereocenters. The van der Waals surface area contributed by atoms with Crippen LogP contribution >= 0.6 is 0 Å². The molecule has 1 N–H and O–H groups in total. The van der Waals surface area contributed by atoms with Crippen LogP contribution in [0.25, 0.3) is 0 Å². The van der Waals surface area contributed by atoms with Crippen molar-refractivity contribution < 1.29 is 4.74 Å². The van der Waals surface area contributed by atoms with Crippen LogP contribution in [0.2, 0.25) is 0 Å². The molecule has 0 aliphatic rings. The fourth-order valence-corrected chi connectivity index (χ4v) is 1.80. The molecule has 3 nitrogen and oxygen atoms in total. The van der Waals surface area contributed by atoms with Gasteiger partial charge in [0.15, 0.2) is 0 Å². The van der Waals surface area contributed by atoms with Crippen LogP contribution in [0.4, 0.5) is 0 Å². The molecule has 19 heavy (non-hydrogen) atoms. The van der Waals surface area contributed by atoms with Gasteiger partial charge < -0.3 is 10.1 Å². The van der Waals surface area contributed by atoms with E-state index in [0.717, 1.165) is 31.7 Å². The molecule has 0 unspecified atom stereocenters. The Labute approximate surface area is 116 Å².